The van der Waals surface area contributed by atoms with Crippen molar-refractivity contribution in [1.29, 1.82) is 0 Å². The Morgan fingerprint density at radius 3 is 1.80 bits per heavy atom. The van der Waals surface area contributed by atoms with Gasteiger partial charge in [-0.1, -0.05) is 72.6 Å². The van der Waals surface area contributed by atoms with Crippen LogP contribution < -0.4 is 0 Å². The number of aryl methyl sites for hydroxylation is 1. The normalized spacial score (nSPS) is 16.9. The Hall–Kier alpha value is -2.95. The van der Waals surface area contributed by atoms with E-state index in [0.29, 0.717) is 18.9 Å². The molecule has 0 spiro atoms. The maximum atomic E-state index is 14.6. The van der Waals surface area contributed by atoms with Crippen molar-refractivity contribution in [3.8, 4) is 0 Å². The van der Waals surface area contributed by atoms with Crippen molar-refractivity contribution in [3.63, 3.8) is 0 Å². The molecule has 11 heteroatoms. The molecule has 1 rings (SSSR count). The number of ether oxygens (including phenoxy) is 2. The highest BCUT2D eigenvalue weighted by atomic mass is 19.4. The average molecular weight is 700 g/mol. The molecule has 1 aromatic rings. The summed E-state index contributed by atoms with van der Waals surface area (Å²) in [4.78, 5) is 56.7. The third kappa shape index (κ3) is 11.8. The molecule has 0 aliphatic carbocycles. The quantitative estimate of drug-likeness (QED) is 0.172. The van der Waals surface area contributed by atoms with E-state index in [-0.39, 0.29) is 25.7 Å². The third-order valence-corrected chi connectivity index (χ3v) is 9.74. The van der Waals surface area contributed by atoms with Crippen LogP contribution in [0.15, 0.2) is 24.3 Å². The maximum absolute atomic E-state index is 14.6. The molecular weight excluding hydrogens is 639 g/mol. The van der Waals surface area contributed by atoms with Gasteiger partial charge in [-0.05, 0) is 79.4 Å². The zero-order valence-electron chi connectivity index (χ0n) is 31.8. The lowest BCUT2D eigenvalue weighted by Gasteiger charge is -2.41. The summed E-state index contributed by atoms with van der Waals surface area (Å²) in [6.45, 7) is 22.0. The van der Waals surface area contributed by atoms with E-state index < -0.39 is 82.4 Å². The lowest BCUT2D eigenvalue weighted by Crippen LogP contribution is -2.51. The first-order chi connectivity index (χ1) is 22.1. The van der Waals surface area contributed by atoms with E-state index in [2.05, 4.69) is 0 Å². The molecule has 0 aliphatic rings. The summed E-state index contributed by atoms with van der Waals surface area (Å²) in [6.07, 6.45) is -6.59. The second-order valence-electron chi connectivity index (χ2n) is 15.9. The highest BCUT2D eigenvalue weighted by Gasteiger charge is 2.52. The van der Waals surface area contributed by atoms with E-state index in [4.69, 9.17) is 9.47 Å². The van der Waals surface area contributed by atoms with Crippen molar-refractivity contribution < 1.29 is 46.9 Å². The van der Waals surface area contributed by atoms with Gasteiger partial charge in [0.2, 0.25) is 5.91 Å². The van der Waals surface area contributed by atoms with Crippen molar-refractivity contribution in [2.45, 2.75) is 158 Å². The van der Waals surface area contributed by atoms with Gasteiger partial charge < -0.3 is 14.6 Å². The largest absolute Gasteiger partial charge is 0.462 e. The number of carbonyl (C=O) groups is 4. The number of esters is 2. The molecule has 0 saturated carbocycles. The van der Waals surface area contributed by atoms with Crippen molar-refractivity contribution in [2.75, 3.05) is 0 Å². The molecule has 0 radical (unpaired) electrons. The summed E-state index contributed by atoms with van der Waals surface area (Å²) < 4.78 is 52.1. The number of hydrogen-bond donors (Lipinski definition) is 1. The molecule has 1 aromatic carbocycles. The molecule has 1 N–H and O–H groups in total. The first kappa shape index (κ1) is 44.1. The average Bonchev–Trinajstić information content (AvgIpc) is 2.94. The number of carbonyl (C=O) groups excluding carboxylic acids is 4. The van der Waals surface area contributed by atoms with Gasteiger partial charge >= 0.3 is 18.1 Å². The minimum atomic E-state index is -4.93. The number of aliphatic hydroxyl groups is 1. The number of amides is 2. The van der Waals surface area contributed by atoms with Crippen molar-refractivity contribution in [3.05, 3.63) is 35.4 Å². The Bertz CT molecular complexity index is 1280. The van der Waals surface area contributed by atoms with Crippen LogP contribution >= 0.6 is 0 Å². The van der Waals surface area contributed by atoms with Gasteiger partial charge in [0.25, 0.3) is 5.91 Å². The zero-order valence-corrected chi connectivity index (χ0v) is 31.8. The fourth-order valence-corrected chi connectivity index (χ4v) is 5.49. The Morgan fingerprint density at radius 1 is 0.837 bits per heavy atom. The standard InChI is InChI=1S/C38H60F3NO7/c1-14-16-29(23-37(13,47)38(39,40)41)48-32(45)27(15-2)22-36(12,21-26(6)31(44)49-35(10,11)34(7,8)9)33(46)42(24(3)4)30(43)28-19-17-25(5)18-20-28/h17-20,24,26-27,29,47H,14-16,21-23H2,1-13H3. The molecule has 2 amide bonds. The minimum Gasteiger partial charge on any atom is -0.462 e. The Balaban J connectivity index is 3.61. The van der Waals surface area contributed by atoms with Gasteiger partial charge in [-0.15, -0.1) is 0 Å². The van der Waals surface area contributed by atoms with Crippen molar-refractivity contribution >= 4 is 23.8 Å². The number of benzene rings is 1. The molecule has 5 atom stereocenters. The summed E-state index contributed by atoms with van der Waals surface area (Å²) >= 11 is 0. The lowest BCUT2D eigenvalue weighted by atomic mass is 9.72. The maximum Gasteiger partial charge on any atom is 0.417 e. The smallest absolute Gasteiger partial charge is 0.417 e. The minimum absolute atomic E-state index is 0.0831. The SMILES string of the molecule is CCCC(CC(C)(O)C(F)(F)F)OC(=O)C(CC)CC(C)(CC(C)C(=O)OC(C)(C)C(C)(C)C)C(=O)N(C(=O)c1ccc(C)cc1)C(C)C. The van der Waals surface area contributed by atoms with Crippen molar-refractivity contribution in [2.24, 2.45) is 22.7 Å². The Kier molecular flexibility index (Phi) is 15.1. The number of hydrogen-bond acceptors (Lipinski definition) is 7. The Morgan fingerprint density at radius 2 is 1.37 bits per heavy atom. The molecule has 49 heavy (non-hydrogen) atoms. The predicted molar refractivity (Wildman–Crippen MR) is 183 cm³/mol. The number of imide groups is 1. The third-order valence-electron chi connectivity index (χ3n) is 9.74. The molecule has 0 aliphatic heterocycles. The number of halogens is 3. The molecule has 0 saturated heterocycles. The summed E-state index contributed by atoms with van der Waals surface area (Å²) in [5, 5.41) is 10.1. The van der Waals surface area contributed by atoms with E-state index in [1.54, 1.807) is 79.7 Å². The lowest BCUT2D eigenvalue weighted by molar-refractivity contribution is -0.262. The fraction of sp³-hybridized carbons (Fsp3) is 0.737. The summed E-state index contributed by atoms with van der Waals surface area (Å²) in [6, 6.07) is 6.19. The zero-order chi connectivity index (χ0) is 38.3. The fourth-order valence-electron chi connectivity index (χ4n) is 5.49. The highest BCUT2D eigenvalue weighted by molar-refractivity contribution is 6.06. The second kappa shape index (κ2) is 16.8. The number of alkyl halides is 3. The van der Waals surface area contributed by atoms with Gasteiger partial charge in [-0.25, -0.2) is 0 Å². The van der Waals surface area contributed by atoms with Gasteiger partial charge in [0.05, 0.1) is 11.8 Å². The van der Waals surface area contributed by atoms with Crippen LogP contribution in [0.3, 0.4) is 0 Å². The first-order valence-corrected chi connectivity index (χ1v) is 17.3. The van der Waals surface area contributed by atoms with Crippen LogP contribution in [0.25, 0.3) is 0 Å². The molecular formula is C38H60F3NO7. The molecule has 5 unspecified atom stereocenters. The molecule has 8 nitrogen and oxygen atoms in total. The van der Waals surface area contributed by atoms with E-state index in [0.717, 1.165) is 10.5 Å². The molecule has 0 aromatic heterocycles. The van der Waals surface area contributed by atoms with E-state index in [9.17, 15) is 37.5 Å². The van der Waals surface area contributed by atoms with Crippen LogP contribution in [0.5, 0.6) is 0 Å². The van der Waals surface area contributed by atoms with Crippen LogP contribution in [-0.2, 0) is 23.9 Å². The van der Waals surface area contributed by atoms with Crippen LogP contribution in [0.1, 0.15) is 138 Å². The van der Waals surface area contributed by atoms with Crippen LogP contribution in [-0.4, -0.2) is 63.3 Å². The molecule has 0 bridgehead atoms. The van der Waals surface area contributed by atoms with E-state index in [1.165, 1.54) is 0 Å². The van der Waals surface area contributed by atoms with Crippen LogP contribution in [0.2, 0.25) is 0 Å². The van der Waals surface area contributed by atoms with Crippen LogP contribution in [0.4, 0.5) is 13.2 Å². The van der Waals surface area contributed by atoms with Gasteiger partial charge in [0.15, 0.2) is 5.60 Å². The van der Waals surface area contributed by atoms with Crippen LogP contribution in [0, 0.1) is 29.6 Å². The highest BCUT2D eigenvalue weighted by Crippen LogP contribution is 2.41. The first-order valence-electron chi connectivity index (χ1n) is 17.3. The topological polar surface area (TPSA) is 110 Å². The number of nitrogens with zero attached hydrogens (tertiary/aromatic N) is 1. The summed E-state index contributed by atoms with van der Waals surface area (Å²) in [5.74, 6) is -4.30. The predicted octanol–water partition coefficient (Wildman–Crippen LogP) is 8.60. The van der Waals surface area contributed by atoms with Crippen molar-refractivity contribution in [1.82, 2.24) is 4.90 Å². The van der Waals surface area contributed by atoms with Gasteiger partial charge in [0, 0.05) is 28.9 Å². The Labute approximate surface area is 291 Å². The molecule has 0 fully saturated rings. The van der Waals surface area contributed by atoms with Gasteiger partial charge in [-0.3, -0.25) is 24.1 Å². The molecule has 280 valence electrons. The summed E-state index contributed by atoms with van der Waals surface area (Å²) in [7, 11) is 0. The van der Waals surface area contributed by atoms with Gasteiger partial charge in [-0.2, -0.15) is 13.2 Å². The number of rotatable bonds is 16. The second-order valence-corrected chi connectivity index (χ2v) is 15.9. The van der Waals surface area contributed by atoms with Gasteiger partial charge in [0.1, 0.15) is 11.7 Å². The monoisotopic (exact) mass is 699 g/mol. The van der Waals surface area contributed by atoms with E-state index in [1.807, 2.05) is 27.7 Å². The molecule has 0 heterocycles. The van der Waals surface area contributed by atoms with E-state index >= 15 is 0 Å². The summed E-state index contributed by atoms with van der Waals surface area (Å²) in [5.41, 5.74) is -4.60.